The number of unbranched alkanes of at least 4 members (excludes halogenated alkanes) is 35. The molecule has 9 nitrogen and oxygen atoms in total. The van der Waals surface area contributed by atoms with E-state index in [0.717, 1.165) is 89.9 Å². The van der Waals surface area contributed by atoms with Crippen LogP contribution in [0.25, 0.3) is 0 Å². The second kappa shape index (κ2) is 57.0. The summed E-state index contributed by atoms with van der Waals surface area (Å²) in [5.74, 6) is -0.503. The molecule has 77 heavy (non-hydrogen) atoms. The third-order valence-electron chi connectivity index (χ3n) is 14.5. The summed E-state index contributed by atoms with van der Waals surface area (Å²) in [5.41, 5.74) is 0. The van der Waals surface area contributed by atoms with Crippen LogP contribution in [-0.2, 0) is 27.9 Å². The molecule has 450 valence electrons. The van der Waals surface area contributed by atoms with Gasteiger partial charge < -0.3 is 19.4 Å². The van der Waals surface area contributed by atoms with Crippen molar-refractivity contribution < 1.29 is 37.3 Å². The largest absolute Gasteiger partial charge is 0.472 e. The van der Waals surface area contributed by atoms with Crippen LogP contribution in [0.15, 0.2) is 60.8 Å². The van der Waals surface area contributed by atoms with Crippen molar-refractivity contribution in [2.24, 2.45) is 0 Å². The molecule has 0 radical (unpaired) electrons. The number of carbonyl (C=O) groups excluding carboxylic acids is 2. The van der Waals surface area contributed by atoms with Gasteiger partial charge in [-0.2, -0.15) is 0 Å². The third kappa shape index (κ3) is 58.2. The Hall–Kier alpha value is -2.29. The maximum atomic E-state index is 13.6. The van der Waals surface area contributed by atoms with Crippen LogP contribution in [0, 0.1) is 0 Å². The van der Waals surface area contributed by atoms with Crippen LogP contribution in [0.4, 0.5) is 0 Å². The molecule has 3 atom stereocenters. The normalized spacial score (nSPS) is 14.0. The fourth-order valence-electron chi connectivity index (χ4n) is 9.40. The van der Waals surface area contributed by atoms with Crippen LogP contribution in [0.3, 0.4) is 0 Å². The van der Waals surface area contributed by atoms with Gasteiger partial charge in [-0.15, -0.1) is 0 Å². The van der Waals surface area contributed by atoms with E-state index >= 15 is 0 Å². The highest BCUT2D eigenvalue weighted by Gasteiger charge is 2.30. The first-order chi connectivity index (χ1) is 37.4. The Labute approximate surface area is 477 Å². The number of allylic oxidation sites excluding steroid dienone is 9. The van der Waals surface area contributed by atoms with Crippen molar-refractivity contribution in [3.8, 4) is 0 Å². The summed E-state index contributed by atoms with van der Waals surface area (Å²) in [6.07, 6.45) is 72.2. The van der Waals surface area contributed by atoms with Crippen molar-refractivity contribution in [3.05, 3.63) is 60.8 Å². The summed E-state index contributed by atoms with van der Waals surface area (Å²) in [6.45, 7) is 7.00. The van der Waals surface area contributed by atoms with Gasteiger partial charge >= 0.3 is 13.8 Å². The van der Waals surface area contributed by atoms with Gasteiger partial charge in [-0.05, 0) is 76.7 Å². The standard InChI is InChI=1S/C67H125N2O7P/c1-7-10-13-16-19-22-25-27-29-30-31-32-33-34-35-36-37-38-40-41-44-47-50-53-56-59-66(70)68-64(63-75-77(72,73)74-62-61-69(4,5)6)65(58-55-52-49-46-43-24-21-18-15-12-9-3)76-67(71)60-57-54-51-48-45-42-39-28-26-23-20-17-14-11-8-2/h19,22,27,29,31-32,34-35,55,58,64-65H,7-18,20-21,23-26,28,30,33,36-54,56-57,59-63H2,1-6H3,(H-,68,70,72,73)/p+1/b22-19-,29-27-,32-31-,35-34-,58-55-. The van der Waals surface area contributed by atoms with Gasteiger partial charge in [-0.3, -0.25) is 18.6 Å². The average molecular weight is 1100 g/mol. The molecule has 3 unspecified atom stereocenters. The van der Waals surface area contributed by atoms with Crippen LogP contribution in [0.1, 0.15) is 303 Å². The SMILES string of the molecule is CCCCC/C=C\C/C=C\C/C=C\C/C=C\CCCCCCCCCCCC(=O)NC(COP(=O)(O)OCC[N+](C)(C)C)C(/C=C\CCCCCCCCCCC)OC(=O)CCCCCCCCCCCCCCCCC. The highest BCUT2D eigenvalue weighted by atomic mass is 31.2. The first kappa shape index (κ1) is 74.7. The Morgan fingerprint density at radius 2 is 0.792 bits per heavy atom. The lowest BCUT2D eigenvalue weighted by molar-refractivity contribution is -0.870. The molecule has 0 saturated heterocycles. The van der Waals surface area contributed by atoms with Crippen molar-refractivity contribution in [2.45, 2.75) is 315 Å². The third-order valence-corrected chi connectivity index (χ3v) is 15.4. The molecule has 0 saturated carbocycles. The van der Waals surface area contributed by atoms with Crippen LogP contribution < -0.4 is 5.32 Å². The molecule has 0 aliphatic rings. The lowest BCUT2D eigenvalue weighted by Crippen LogP contribution is -2.47. The van der Waals surface area contributed by atoms with Gasteiger partial charge in [-0.1, -0.05) is 275 Å². The molecule has 0 aromatic carbocycles. The molecule has 1 amide bonds. The Balaban J connectivity index is 5.10. The van der Waals surface area contributed by atoms with E-state index in [0.29, 0.717) is 23.9 Å². The van der Waals surface area contributed by atoms with Gasteiger partial charge in [0.1, 0.15) is 19.3 Å². The number of nitrogens with one attached hydrogen (secondary N) is 1. The number of likely N-dealkylation sites (N-methyl/N-ethyl adjacent to an activating group) is 1. The zero-order valence-corrected chi connectivity index (χ0v) is 52.3. The van der Waals surface area contributed by atoms with Gasteiger partial charge in [0.15, 0.2) is 0 Å². The van der Waals surface area contributed by atoms with Gasteiger partial charge in [0.2, 0.25) is 5.91 Å². The first-order valence-electron chi connectivity index (χ1n) is 32.6. The highest BCUT2D eigenvalue weighted by molar-refractivity contribution is 7.47. The van der Waals surface area contributed by atoms with Gasteiger partial charge in [0.25, 0.3) is 0 Å². The molecule has 0 fully saturated rings. The second-order valence-electron chi connectivity index (χ2n) is 23.3. The average Bonchev–Trinajstić information content (AvgIpc) is 3.39. The lowest BCUT2D eigenvalue weighted by atomic mass is 10.0. The van der Waals surface area contributed by atoms with Crippen molar-refractivity contribution >= 4 is 19.7 Å². The van der Waals surface area contributed by atoms with Crippen molar-refractivity contribution in [3.63, 3.8) is 0 Å². The predicted octanol–water partition coefficient (Wildman–Crippen LogP) is 20.2. The number of ether oxygens (including phenoxy) is 1. The number of hydrogen-bond acceptors (Lipinski definition) is 6. The van der Waals surface area contributed by atoms with Crippen molar-refractivity contribution in [1.82, 2.24) is 5.32 Å². The van der Waals surface area contributed by atoms with E-state index in [4.69, 9.17) is 13.8 Å². The number of hydrogen-bond donors (Lipinski definition) is 2. The Morgan fingerprint density at radius 1 is 0.455 bits per heavy atom. The minimum Gasteiger partial charge on any atom is -0.456 e. The smallest absolute Gasteiger partial charge is 0.456 e. The molecule has 0 rings (SSSR count). The minimum atomic E-state index is -4.45. The number of esters is 1. The Morgan fingerprint density at radius 3 is 1.21 bits per heavy atom. The first-order valence-corrected chi connectivity index (χ1v) is 34.1. The van der Waals surface area contributed by atoms with Gasteiger partial charge in [0, 0.05) is 12.8 Å². The Kier molecular flexibility index (Phi) is 55.3. The molecular formula is C67H126N2O7P+. The summed E-state index contributed by atoms with van der Waals surface area (Å²) in [5, 5.41) is 3.06. The fraction of sp³-hybridized carbons (Fsp3) is 0.821. The molecule has 0 aliphatic carbocycles. The van der Waals surface area contributed by atoms with Crippen LogP contribution >= 0.6 is 7.82 Å². The number of carbonyl (C=O) groups is 2. The molecule has 0 bridgehead atoms. The zero-order valence-electron chi connectivity index (χ0n) is 51.5. The van der Waals surface area contributed by atoms with Crippen molar-refractivity contribution in [1.29, 1.82) is 0 Å². The molecule has 0 aromatic heterocycles. The summed E-state index contributed by atoms with van der Waals surface area (Å²) in [6, 6.07) is -0.850. The minimum absolute atomic E-state index is 0.0391. The molecule has 0 heterocycles. The summed E-state index contributed by atoms with van der Waals surface area (Å²) in [4.78, 5) is 37.7. The maximum Gasteiger partial charge on any atom is 0.472 e. The molecule has 0 aromatic rings. The van der Waals surface area contributed by atoms with Crippen LogP contribution in [0.2, 0.25) is 0 Å². The summed E-state index contributed by atoms with van der Waals surface area (Å²) >= 11 is 0. The summed E-state index contributed by atoms with van der Waals surface area (Å²) < 4.78 is 30.7. The number of phosphoric acid groups is 1. The number of quaternary nitrogens is 1. The van der Waals surface area contributed by atoms with Crippen molar-refractivity contribution in [2.75, 3.05) is 40.9 Å². The lowest BCUT2D eigenvalue weighted by Gasteiger charge is -2.27. The van der Waals surface area contributed by atoms with Crippen LogP contribution in [-0.4, -0.2) is 74.3 Å². The monoisotopic (exact) mass is 1100 g/mol. The van der Waals surface area contributed by atoms with E-state index in [1.165, 1.54) is 180 Å². The molecule has 2 N–H and O–H groups in total. The second-order valence-corrected chi connectivity index (χ2v) is 24.7. The summed E-state index contributed by atoms with van der Waals surface area (Å²) in [7, 11) is 1.50. The topological polar surface area (TPSA) is 111 Å². The number of rotatable bonds is 59. The van der Waals surface area contributed by atoms with E-state index in [9.17, 15) is 19.0 Å². The fourth-order valence-corrected chi connectivity index (χ4v) is 10.1. The van der Waals surface area contributed by atoms with Gasteiger partial charge in [-0.25, -0.2) is 4.57 Å². The number of phosphoric ester groups is 1. The molecule has 10 heteroatoms. The van der Waals surface area contributed by atoms with Crippen LogP contribution in [0.5, 0.6) is 0 Å². The zero-order chi connectivity index (χ0) is 56.4. The van der Waals surface area contributed by atoms with Gasteiger partial charge in [0.05, 0.1) is 33.8 Å². The maximum absolute atomic E-state index is 13.6. The van der Waals surface area contributed by atoms with E-state index in [1.54, 1.807) is 0 Å². The molecule has 0 aliphatic heterocycles. The predicted molar refractivity (Wildman–Crippen MR) is 332 cm³/mol. The quantitative estimate of drug-likeness (QED) is 0.0205. The van der Waals surface area contributed by atoms with E-state index < -0.39 is 20.0 Å². The molecule has 0 spiro atoms. The molecular weight excluding hydrogens is 976 g/mol. The number of nitrogens with zero attached hydrogens (tertiary/aromatic N) is 1. The van der Waals surface area contributed by atoms with E-state index in [1.807, 2.05) is 33.3 Å². The van der Waals surface area contributed by atoms with E-state index in [2.05, 4.69) is 74.7 Å². The highest BCUT2D eigenvalue weighted by Crippen LogP contribution is 2.43. The van der Waals surface area contributed by atoms with E-state index in [-0.39, 0.29) is 25.1 Å². The Bertz CT molecular complexity index is 1500. The number of amides is 1.